The fourth-order valence-electron chi connectivity index (χ4n) is 3.09. The molecule has 0 fully saturated rings. The third-order valence-corrected chi connectivity index (χ3v) is 4.46. The number of fused-ring (bicyclic) bond motifs is 1. The molecule has 0 radical (unpaired) electrons. The van der Waals surface area contributed by atoms with Crippen LogP contribution in [0.15, 0.2) is 72.8 Å². The predicted molar refractivity (Wildman–Crippen MR) is 102 cm³/mol. The fourth-order valence-corrected chi connectivity index (χ4v) is 3.09. The van der Waals surface area contributed by atoms with Crippen molar-refractivity contribution in [2.24, 2.45) is 0 Å². The second-order valence-electron chi connectivity index (χ2n) is 6.40. The van der Waals surface area contributed by atoms with Crippen molar-refractivity contribution in [2.45, 2.75) is 26.1 Å². The molecule has 3 nitrogen and oxygen atoms in total. The van der Waals surface area contributed by atoms with Gasteiger partial charge in [-0.1, -0.05) is 60.7 Å². The molecule has 132 valence electrons. The molecule has 3 aromatic rings. The molecular formula is C23H22O3. The molecule has 0 aliphatic carbocycles. The summed E-state index contributed by atoms with van der Waals surface area (Å²) in [7, 11) is 0. The largest absolute Gasteiger partial charge is 0.493 e. The van der Waals surface area contributed by atoms with Crippen molar-refractivity contribution in [1.29, 1.82) is 0 Å². The number of hydrogen-bond acceptors (Lipinski definition) is 3. The molecule has 1 aliphatic heterocycles. The number of ether oxygens (including phenoxy) is 3. The van der Waals surface area contributed by atoms with Gasteiger partial charge in [0.15, 0.2) is 0 Å². The van der Waals surface area contributed by atoms with Crippen molar-refractivity contribution >= 4 is 0 Å². The van der Waals surface area contributed by atoms with E-state index in [2.05, 4.69) is 24.3 Å². The second-order valence-corrected chi connectivity index (χ2v) is 6.40. The van der Waals surface area contributed by atoms with Crippen LogP contribution >= 0.6 is 0 Å². The average molecular weight is 346 g/mol. The number of hydrogen-bond donors (Lipinski definition) is 0. The van der Waals surface area contributed by atoms with Crippen LogP contribution in [0.25, 0.3) is 0 Å². The molecule has 0 saturated carbocycles. The Balaban J connectivity index is 1.53. The standard InChI is InChI=1S/C23H22O3/c1-3-8-18(9-4-1)16-25-20-14-22-21(12-7-13-24-22)23(15-20)26-17-19-10-5-2-6-11-19/h1-6,8-11,14-15H,7,12-13,16-17H2. The lowest BCUT2D eigenvalue weighted by Gasteiger charge is -2.22. The Bertz CT molecular complexity index is 844. The minimum Gasteiger partial charge on any atom is -0.493 e. The van der Waals surface area contributed by atoms with Gasteiger partial charge in [0.05, 0.1) is 6.61 Å². The summed E-state index contributed by atoms with van der Waals surface area (Å²) in [5, 5.41) is 0. The third kappa shape index (κ3) is 3.99. The smallest absolute Gasteiger partial charge is 0.130 e. The van der Waals surface area contributed by atoms with Gasteiger partial charge in [-0.2, -0.15) is 0 Å². The topological polar surface area (TPSA) is 27.7 Å². The van der Waals surface area contributed by atoms with Crippen LogP contribution in [-0.2, 0) is 19.6 Å². The molecule has 0 bridgehead atoms. The van der Waals surface area contributed by atoms with E-state index in [0.717, 1.165) is 53.4 Å². The van der Waals surface area contributed by atoms with Gasteiger partial charge in [-0.15, -0.1) is 0 Å². The molecule has 26 heavy (non-hydrogen) atoms. The van der Waals surface area contributed by atoms with Gasteiger partial charge in [-0.3, -0.25) is 0 Å². The third-order valence-electron chi connectivity index (χ3n) is 4.46. The highest BCUT2D eigenvalue weighted by Crippen LogP contribution is 2.38. The average Bonchev–Trinajstić information content (AvgIpc) is 2.72. The van der Waals surface area contributed by atoms with Crippen LogP contribution in [0.5, 0.6) is 17.2 Å². The fraction of sp³-hybridized carbons (Fsp3) is 0.217. The molecule has 0 spiro atoms. The number of benzene rings is 3. The molecule has 4 rings (SSSR count). The zero-order valence-corrected chi connectivity index (χ0v) is 14.7. The minimum absolute atomic E-state index is 0.526. The maximum absolute atomic E-state index is 6.12. The van der Waals surface area contributed by atoms with E-state index in [9.17, 15) is 0 Å². The molecule has 0 atom stereocenters. The SMILES string of the molecule is c1ccc(COc2cc3c(c(OCc4ccccc4)c2)CCCO3)cc1. The number of rotatable bonds is 6. The van der Waals surface area contributed by atoms with Crippen LogP contribution in [0.2, 0.25) is 0 Å². The van der Waals surface area contributed by atoms with E-state index in [1.54, 1.807) is 0 Å². The molecule has 0 amide bonds. The van der Waals surface area contributed by atoms with Gasteiger partial charge in [-0.05, 0) is 24.0 Å². The highest BCUT2D eigenvalue weighted by atomic mass is 16.5. The van der Waals surface area contributed by atoms with Crippen molar-refractivity contribution < 1.29 is 14.2 Å². The Morgan fingerprint density at radius 1 is 0.769 bits per heavy atom. The monoisotopic (exact) mass is 346 g/mol. The molecule has 0 aromatic heterocycles. The van der Waals surface area contributed by atoms with Crippen molar-refractivity contribution in [3.8, 4) is 17.2 Å². The quantitative estimate of drug-likeness (QED) is 0.616. The van der Waals surface area contributed by atoms with E-state index in [1.807, 2.05) is 48.5 Å². The van der Waals surface area contributed by atoms with E-state index in [-0.39, 0.29) is 0 Å². The van der Waals surface area contributed by atoms with Crippen LogP contribution < -0.4 is 14.2 Å². The van der Waals surface area contributed by atoms with Crippen LogP contribution in [0.4, 0.5) is 0 Å². The zero-order chi connectivity index (χ0) is 17.6. The van der Waals surface area contributed by atoms with E-state index in [1.165, 1.54) is 0 Å². The lowest BCUT2D eigenvalue weighted by molar-refractivity contribution is 0.258. The molecule has 0 unspecified atom stereocenters. The predicted octanol–water partition coefficient (Wildman–Crippen LogP) is 5.17. The summed E-state index contributed by atoms with van der Waals surface area (Å²) in [4.78, 5) is 0. The Labute approximate surface area is 154 Å². The van der Waals surface area contributed by atoms with Crippen LogP contribution in [0, 0.1) is 0 Å². The summed E-state index contributed by atoms with van der Waals surface area (Å²) in [5.41, 5.74) is 3.42. The second kappa shape index (κ2) is 7.96. The first-order valence-corrected chi connectivity index (χ1v) is 9.02. The summed E-state index contributed by atoms with van der Waals surface area (Å²) in [6.07, 6.45) is 1.98. The van der Waals surface area contributed by atoms with E-state index < -0.39 is 0 Å². The first-order valence-electron chi connectivity index (χ1n) is 9.02. The van der Waals surface area contributed by atoms with Gasteiger partial charge in [0.25, 0.3) is 0 Å². The molecule has 3 aromatic carbocycles. The van der Waals surface area contributed by atoms with Gasteiger partial charge in [0, 0.05) is 17.7 Å². The van der Waals surface area contributed by atoms with Crippen molar-refractivity contribution in [2.75, 3.05) is 6.61 Å². The first kappa shape index (κ1) is 16.5. The normalized spacial score (nSPS) is 12.8. The van der Waals surface area contributed by atoms with Gasteiger partial charge >= 0.3 is 0 Å². The lowest BCUT2D eigenvalue weighted by Crippen LogP contribution is -2.11. The zero-order valence-electron chi connectivity index (χ0n) is 14.7. The van der Waals surface area contributed by atoms with Crippen molar-refractivity contribution in [3.63, 3.8) is 0 Å². The first-order chi connectivity index (χ1) is 12.9. The summed E-state index contributed by atoms with van der Waals surface area (Å²) >= 11 is 0. The molecule has 1 aliphatic rings. The van der Waals surface area contributed by atoms with Crippen LogP contribution in [0.1, 0.15) is 23.1 Å². The highest BCUT2D eigenvalue weighted by Gasteiger charge is 2.18. The Morgan fingerprint density at radius 2 is 1.42 bits per heavy atom. The summed E-state index contributed by atoms with van der Waals surface area (Å²) in [5.74, 6) is 2.51. The van der Waals surface area contributed by atoms with Crippen molar-refractivity contribution in [1.82, 2.24) is 0 Å². The molecule has 1 heterocycles. The van der Waals surface area contributed by atoms with Crippen molar-refractivity contribution in [3.05, 3.63) is 89.5 Å². The molecule has 0 N–H and O–H groups in total. The Hall–Kier alpha value is -2.94. The maximum atomic E-state index is 6.12. The Kier molecular flexibility index (Phi) is 5.06. The van der Waals surface area contributed by atoms with Crippen LogP contribution in [-0.4, -0.2) is 6.61 Å². The van der Waals surface area contributed by atoms with E-state index in [4.69, 9.17) is 14.2 Å². The van der Waals surface area contributed by atoms with Gasteiger partial charge in [-0.25, -0.2) is 0 Å². The van der Waals surface area contributed by atoms with Gasteiger partial charge < -0.3 is 14.2 Å². The summed E-state index contributed by atoms with van der Waals surface area (Å²) < 4.78 is 18.0. The minimum atomic E-state index is 0.526. The molecular weight excluding hydrogens is 324 g/mol. The Morgan fingerprint density at radius 3 is 2.12 bits per heavy atom. The maximum Gasteiger partial charge on any atom is 0.130 e. The summed E-state index contributed by atoms with van der Waals surface area (Å²) in [6, 6.07) is 24.3. The van der Waals surface area contributed by atoms with Gasteiger partial charge in [0.2, 0.25) is 0 Å². The summed E-state index contributed by atoms with van der Waals surface area (Å²) in [6.45, 7) is 1.81. The highest BCUT2D eigenvalue weighted by molar-refractivity contribution is 5.51. The lowest BCUT2D eigenvalue weighted by atomic mass is 10.0. The molecule has 0 saturated heterocycles. The van der Waals surface area contributed by atoms with E-state index in [0.29, 0.717) is 13.2 Å². The van der Waals surface area contributed by atoms with Crippen LogP contribution in [0.3, 0.4) is 0 Å². The van der Waals surface area contributed by atoms with E-state index >= 15 is 0 Å². The molecule has 3 heteroatoms. The van der Waals surface area contributed by atoms with Gasteiger partial charge in [0.1, 0.15) is 30.5 Å².